The maximum absolute atomic E-state index is 11.2. The van der Waals surface area contributed by atoms with Crippen molar-refractivity contribution in [3.05, 3.63) is 0 Å². The van der Waals surface area contributed by atoms with E-state index >= 15 is 0 Å². The molecule has 0 bridgehead atoms. The number of unbranched alkanes of at least 4 members (excludes halogenated alkanes) is 3. The Kier molecular flexibility index (Phi) is 11.4. The topological polar surface area (TPSA) is 105 Å². The van der Waals surface area contributed by atoms with Gasteiger partial charge in [-0.25, -0.2) is 0 Å². The molecule has 8 nitrogen and oxygen atoms in total. The minimum Gasteiger partial charge on any atom is -0.428 e. The largest absolute Gasteiger partial charge is 0.428 e. The summed E-state index contributed by atoms with van der Waals surface area (Å²) in [6.45, 7) is 1.74. The highest BCUT2D eigenvalue weighted by Gasteiger charge is 2.05. The van der Waals surface area contributed by atoms with E-state index in [1.165, 1.54) is 13.8 Å². The molecule has 0 aromatic rings. The van der Waals surface area contributed by atoms with E-state index in [9.17, 15) is 19.2 Å². The first kappa shape index (κ1) is 19.9. The summed E-state index contributed by atoms with van der Waals surface area (Å²) in [5.74, 6) is -1.87. The average molecular weight is 318 g/mol. The number of hydrogen-bond acceptors (Lipinski definition) is 8. The molecule has 0 saturated heterocycles. The molecule has 0 fully saturated rings. The smallest absolute Gasteiger partial charge is 0.308 e. The minimum atomic E-state index is -0.506. The van der Waals surface area contributed by atoms with Crippen LogP contribution < -0.4 is 0 Å². The molecular weight excluding hydrogens is 296 g/mol. The van der Waals surface area contributed by atoms with Crippen LogP contribution >= 0.6 is 0 Å². The van der Waals surface area contributed by atoms with Crippen LogP contribution in [-0.4, -0.2) is 37.5 Å². The Labute approximate surface area is 129 Å². The van der Waals surface area contributed by atoms with Crippen molar-refractivity contribution in [3.63, 3.8) is 0 Å². The van der Waals surface area contributed by atoms with E-state index in [-0.39, 0.29) is 26.4 Å². The molecule has 0 aliphatic rings. The van der Waals surface area contributed by atoms with E-state index in [1.807, 2.05) is 0 Å². The normalized spacial score (nSPS) is 9.73. The average Bonchev–Trinajstić information content (AvgIpc) is 2.41. The summed E-state index contributed by atoms with van der Waals surface area (Å²) < 4.78 is 18.3. The maximum Gasteiger partial charge on any atom is 0.308 e. The second-order valence-corrected chi connectivity index (χ2v) is 4.45. The molecule has 0 rings (SSSR count). The molecule has 0 radical (unpaired) electrons. The fraction of sp³-hybridized carbons (Fsp3) is 0.714. The standard InChI is InChI=1S/C14H22O8/c1-11(15)19-9-21-13(17)7-5-3-4-6-8-14(18)22-10-20-12(2)16/h3-10H2,1-2H3. The third-order valence-electron chi connectivity index (χ3n) is 2.48. The number of hydrogen-bond donors (Lipinski definition) is 0. The van der Waals surface area contributed by atoms with Gasteiger partial charge in [-0.15, -0.1) is 0 Å². The number of carbonyl (C=O) groups is 4. The van der Waals surface area contributed by atoms with Crippen molar-refractivity contribution in [3.8, 4) is 0 Å². The Bertz CT molecular complexity index is 341. The Morgan fingerprint density at radius 2 is 0.955 bits per heavy atom. The molecule has 126 valence electrons. The van der Waals surface area contributed by atoms with E-state index in [2.05, 4.69) is 18.9 Å². The quantitative estimate of drug-likeness (QED) is 0.320. The lowest BCUT2D eigenvalue weighted by Crippen LogP contribution is -2.11. The van der Waals surface area contributed by atoms with Crippen LogP contribution in [0, 0.1) is 0 Å². The summed E-state index contributed by atoms with van der Waals surface area (Å²) in [6, 6.07) is 0. The summed E-state index contributed by atoms with van der Waals surface area (Å²) in [7, 11) is 0. The molecule has 0 aliphatic carbocycles. The Balaban J connectivity index is 3.38. The third kappa shape index (κ3) is 14.3. The number of esters is 4. The molecule has 0 atom stereocenters. The van der Waals surface area contributed by atoms with Crippen molar-refractivity contribution in [2.24, 2.45) is 0 Å². The van der Waals surface area contributed by atoms with Crippen molar-refractivity contribution >= 4 is 23.9 Å². The predicted molar refractivity (Wildman–Crippen MR) is 73.2 cm³/mol. The van der Waals surface area contributed by atoms with Crippen molar-refractivity contribution in [1.82, 2.24) is 0 Å². The van der Waals surface area contributed by atoms with Gasteiger partial charge in [0.1, 0.15) is 0 Å². The van der Waals surface area contributed by atoms with Crippen molar-refractivity contribution < 1.29 is 38.1 Å². The molecule has 0 saturated carbocycles. The fourth-order valence-electron chi connectivity index (χ4n) is 1.39. The van der Waals surface area contributed by atoms with Gasteiger partial charge in [-0.05, 0) is 12.8 Å². The lowest BCUT2D eigenvalue weighted by atomic mass is 10.1. The van der Waals surface area contributed by atoms with Crippen LogP contribution in [-0.2, 0) is 38.1 Å². The van der Waals surface area contributed by atoms with E-state index < -0.39 is 23.9 Å². The second kappa shape index (κ2) is 12.6. The molecule has 22 heavy (non-hydrogen) atoms. The van der Waals surface area contributed by atoms with Crippen LogP contribution in [0.15, 0.2) is 0 Å². The highest BCUT2D eigenvalue weighted by Crippen LogP contribution is 2.07. The zero-order valence-electron chi connectivity index (χ0n) is 12.9. The van der Waals surface area contributed by atoms with Gasteiger partial charge in [0.05, 0.1) is 0 Å². The van der Waals surface area contributed by atoms with Gasteiger partial charge in [-0.3, -0.25) is 19.2 Å². The molecule has 0 heterocycles. The lowest BCUT2D eigenvalue weighted by Gasteiger charge is -2.05. The first-order valence-corrected chi connectivity index (χ1v) is 6.99. The van der Waals surface area contributed by atoms with Crippen molar-refractivity contribution in [2.75, 3.05) is 13.6 Å². The second-order valence-electron chi connectivity index (χ2n) is 4.45. The summed E-state index contributed by atoms with van der Waals surface area (Å²) >= 11 is 0. The predicted octanol–water partition coefficient (Wildman–Crippen LogP) is 1.45. The fourth-order valence-corrected chi connectivity index (χ4v) is 1.39. The summed E-state index contributed by atoms with van der Waals surface area (Å²) in [5.41, 5.74) is 0. The van der Waals surface area contributed by atoms with Gasteiger partial charge >= 0.3 is 23.9 Å². The third-order valence-corrected chi connectivity index (χ3v) is 2.48. The molecule has 0 aliphatic heterocycles. The molecule has 0 unspecified atom stereocenters. The minimum absolute atomic E-state index is 0.234. The van der Waals surface area contributed by atoms with Crippen LogP contribution in [0.4, 0.5) is 0 Å². The SMILES string of the molecule is CC(=O)OCOC(=O)CCCCCCC(=O)OCOC(C)=O. The van der Waals surface area contributed by atoms with Gasteiger partial charge in [-0.1, -0.05) is 12.8 Å². The van der Waals surface area contributed by atoms with Crippen LogP contribution in [0.25, 0.3) is 0 Å². The van der Waals surface area contributed by atoms with Crippen LogP contribution in [0.5, 0.6) is 0 Å². The molecular formula is C14H22O8. The monoisotopic (exact) mass is 318 g/mol. The summed E-state index contributed by atoms with van der Waals surface area (Å²) in [4.78, 5) is 43.3. The Morgan fingerprint density at radius 3 is 1.27 bits per heavy atom. The Morgan fingerprint density at radius 1 is 0.591 bits per heavy atom. The number of rotatable bonds is 11. The zero-order chi connectivity index (χ0) is 16.8. The molecule has 0 spiro atoms. The highest BCUT2D eigenvalue weighted by atomic mass is 16.7. The van der Waals surface area contributed by atoms with Gasteiger partial charge in [0.25, 0.3) is 0 Å². The van der Waals surface area contributed by atoms with Crippen LogP contribution in [0.3, 0.4) is 0 Å². The van der Waals surface area contributed by atoms with Crippen LogP contribution in [0.1, 0.15) is 52.4 Å². The molecule has 0 aromatic heterocycles. The number of ether oxygens (including phenoxy) is 4. The van der Waals surface area contributed by atoms with Crippen LogP contribution in [0.2, 0.25) is 0 Å². The summed E-state index contributed by atoms with van der Waals surface area (Å²) in [6.07, 6.45) is 3.25. The zero-order valence-corrected chi connectivity index (χ0v) is 12.9. The lowest BCUT2D eigenvalue weighted by molar-refractivity contribution is -0.167. The van der Waals surface area contributed by atoms with Crippen molar-refractivity contribution in [2.45, 2.75) is 52.4 Å². The maximum atomic E-state index is 11.2. The van der Waals surface area contributed by atoms with E-state index in [0.717, 1.165) is 12.8 Å². The van der Waals surface area contributed by atoms with Gasteiger partial charge in [0, 0.05) is 26.7 Å². The van der Waals surface area contributed by atoms with E-state index in [4.69, 9.17) is 0 Å². The summed E-state index contributed by atoms with van der Waals surface area (Å²) in [5, 5.41) is 0. The van der Waals surface area contributed by atoms with Gasteiger partial charge in [0.2, 0.25) is 13.6 Å². The number of carbonyl (C=O) groups excluding carboxylic acids is 4. The van der Waals surface area contributed by atoms with Gasteiger partial charge in [0.15, 0.2) is 0 Å². The molecule has 0 N–H and O–H groups in total. The van der Waals surface area contributed by atoms with Gasteiger partial charge < -0.3 is 18.9 Å². The van der Waals surface area contributed by atoms with E-state index in [0.29, 0.717) is 12.8 Å². The first-order chi connectivity index (χ1) is 10.4. The highest BCUT2D eigenvalue weighted by molar-refractivity contribution is 5.70. The Hall–Kier alpha value is -2.12. The first-order valence-electron chi connectivity index (χ1n) is 6.99. The van der Waals surface area contributed by atoms with E-state index in [1.54, 1.807) is 0 Å². The van der Waals surface area contributed by atoms with Gasteiger partial charge in [-0.2, -0.15) is 0 Å². The molecule has 0 amide bonds. The van der Waals surface area contributed by atoms with Crippen molar-refractivity contribution in [1.29, 1.82) is 0 Å². The molecule has 0 aromatic carbocycles. The molecule has 8 heteroatoms.